The number of nitrogens with zero attached hydrogens (tertiary/aromatic N) is 1. The van der Waals surface area contributed by atoms with E-state index < -0.39 is 0 Å². The molecule has 0 saturated carbocycles. The van der Waals surface area contributed by atoms with Crippen molar-refractivity contribution in [2.75, 3.05) is 13.2 Å². The quantitative estimate of drug-likeness (QED) is 0.755. The van der Waals surface area contributed by atoms with Gasteiger partial charge in [0.2, 0.25) is 0 Å². The lowest BCUT2D eigenvalue weighted by Gasteiger charge is -2.24. The van der Waals surface area contributed by atoms with Gasteiger partial charge in [0.05, 0.1) is 11.7 Å². The molecule has 1 aromatic carbocycles. The second kappa shape index (κ2) is 6.05. The van der Waals surface area contributed by atoms with Gasteiger partial charge in [0.15, 0.2) is 0 Å². The van der Waals surface area contributed by atoms with Crippen molar-refractivity contribution < 1.29 is 9.90 Å². The summed E-state index contributed by atoms with van der Waals surface area (Å²) < 4.78 is 0. The van der Waals surface area contributed by atoms with Crippen LogP contribution in [-0.4, -0.2) is 34.4 Å². The summed E-state index contributed by atoms with van der Waals surface area (Å²) in [7, 11) is 0. The summed E-state index contributed by atoms with van der Waals surface area (Å²) in [5.41, 5.74) is 1.47. The number of amides is 1. The fourth-order valence-corrected chi connectivity index (χ4v) is 2.15. The Morgan fingerprint density at radius 2 is 2.25 bits per heavy atom. The third-order valence-electron chi connectivity index (χ3n) is 3.44. The fourth-order valence-electron chi connectivity index (χ4n) is 2.15. The van der Waals surface area contributed by atoms with E-state index in [1.54, 1.807) is 18.3 Å². The third-order valence-corrected chi connectivity index (χ3v) is 3.44. The molecule has 5 heteroatoms. The van der Waals surface area contributed by atoms with Crippen molar-refractivity contribution in [1.82, 2.24) is 15.5 Å². The Hall–Kier alpha value is -1.88. The van der Waals surface area contributed by atoms with Gasteiger partial charge < -0.3 is 10.4 Å². The van der Waals surface area contributed by atoms with Gasteiger partial charge in [0, 0.05) is 24.1 Å². The van der Waals surface area contributed by atoms with Gasteiger partial charge in [-0.15, -0.1) is 0 Å². The molecule has 0 aliphatic carbocycles. The fraction of sp³-hybridized carbons (Fsp3) is 0.467. The van der Waals surface area contributed by atoms with Gasteiger partial charge >= 0.3 is 0 Å². The molecule has 0 aliphatic heterocycles. The maximum atomic E-state index is 12.1. The highest BCUT2D eigenvalue weighted by Gasteiger charge is 2.18. The molecule has 1 aromatic heterocycles. The Balaban J connectivity index is 1.97. The molecular weight excluding hydrogens is 254 g/mol. The number of aliphatic hydroxyl groups is 1. The second-order valence-corrected chi connectivity index (χ2v) is 5.85. The largest absolute Gasteiger partial charge is 0.396 e. The third kappa shape index (κ3) is 3.57. The summed E-state index contributed by atoms with van der Waals surface area (Å²) >= 11 is 0. The summed E-state index contributed by atoms with van der Waals surface area (Å²) in [5, 5.41) is 19.6. The van der Waals surface area contributed by atoms with Crippen molar-refractivity contribution in [3.8, 4) is 0 Å². The first-order valence-corrected chi connectivity index (χ1v) is 6.84. The molecular formula is C15H21N3O2. The van der Waals surface area contributed by atoms with E-state index in [4.69, 9.17) is 5.11 Å². The van der Waals surface area contributed by atoms with Crippen LogP contribution in [0.2, 0.25) is 0 Å². The summed E-state index contributed by atoms with van der Waals surface area (Å²) in [6.07, 6.45) is 3.36. The van der Waals surface area contributed by atoms with Crippen molar-refractivity contribution in [2.45, 2.75) is 26.7 Å². The highest BCUT2D eigenvalue weighted by atomic mass is 16.2. The molecule has 5 nitrogen and oxygen atoms in total. The van der Waals surface area contributed by atoms with Crippen molar-refractivity contribution in [3.63, 3.8) is 0 Å². The van der Waals surface area contributed by atoms with Crippen LogP contribution in [0.15, 0.2) is 24.4 Å². The zero-order chi connectivity index (χ0) is 14.6. The molecule has 1 heterocycles. The maximum Gasteiger partial charge on any atom is 0.251 e. The summed E-state index contributed by atoms with van der Waals surface area (Å²) in [5.74, 6) is -0.0847. The minimum absolute atomic E-state index is 0.0174. The molecule has 3 N–H and O–H groups in total. The minimum atomic E-state index is -0.0847. The average Bonchev–Trinajstić information content (AvgIpc) is 2.90. The monoisotopic (exact) mass is 275 g/mol. The molecule has 0 fully saturated rings. The standard InChI is InChI=1S/C15H21N3O2/c1-15(2,6-3-7-19)10-16-14(20)11-4-5-12-9-17-18-13(12)8-11/h4-5,8-9,19H,3,6-7,10H2,1-2H3,(H,16,20)(H,17,18). The zero-order valence-electron chi connectivity index (χ0n) is 11.9. The Kier molecular flexibility index (Phi) is 4.39. The molecule has 0 bridgehead atoms. The van der Waals surface area contributed by atoms with E-state index in [1.807, 2.05) is 6.07 Å². The molecule has 0 saturated heterocycles. The van der Waals surface area contributed by atoms with Crippen molar-refractivity contribution in [1.29, 1.82) is 0 Å². The Morgan fingerprint density at radius 3 is 3.00 bits per heavy atom. The molecule has 0 unspecified atom stereocenters. The number of benzene rings is 1. The number of aromatic amines is 1. The Bertz CT molecular complexity index is 590. The lowest BCUT2D eigenvalue weighted by atomic mass is 9.88. The van der Waals surface area contributed by atoms with Crippen LogP contribution < -0.4 is 5.32 Å². The second-order valence-electron chi connectivity index (χ2n) is 5.85. The number of rotatable bonds is 6. The first kappa shape index (κ1) is 14.5. The van der Waals surface area contributed by atoms with E-state index in [0.29, 0.717) is 12.1 Å². The summed E-state index contributed by atoms with van der Waals surface area (Å²) in [4.78, 5) is 12.1. The van der Waals surface area contributed by atoms with Gasteiger partial charge in [-0.1, -0.05) is 19.9 Å². The molecule has 2 rings (SSSR count). The summed E-state index contributed by atoms with van der Waals surface area (Å²) in [6.45, 7) is 4.95. The maximum absolute atomic E-state index is 12.1. The van der Waals surface area contributed by atoms with Crippen LogP contribution in [0.3, 0.4) is 0 Å². The van der Waals surface area contributed by atoms with Gasteiger partial charge in [-0.05, 0) is 30.4 Å². The van der Waals surface area contributed by atoms with E-state index in [9.17, 15) is 4.79 Å². The zero-order valence-corrected chi connectivity index (χ0v) is 11.9. The van der Waals surface area contributed by atoms with Crippen molar-refractivity contribution in [2.24, 2.45) is 5.41 Å². The molecule has 20 heavy (non-hydrogen) atoms. The number of hydrogen-bond acceptors (Lipinski definition) is 3. The molecule has 1 amide bonds. The highest BCUT2D eigenvalue weighted by molar-refractivity contribution is 5.97. The summed E-state index contributed by atoms with van der Waals surface area (Å²) in [6, 6.07) is 5.48. The highest BCUT2D eigenvalue weighted by Crippen LogP contribution is 2.21. The number of fused-ring (bicyclic) bond motifs is 1. The van der Waals surface area contributed by atoms with Crippen LogP contribution in [0.25, 0.3) is 10.9 Å². The molecule has 0 radical (unpaired) electrons. The number of carbonyl (C=O) groups is 1. The lowest BCUT2D eigenvalue weighted by molar-refractivity contribution is 0.0933. The van der Waals surface area contributed by atoms with Crippen LogP contribution in [0, 0.1) is 5.41 Å². The van der Waals surface area contributed by atoms with E-state index in [2.05, 4.69) is 29.4 Å². The van der Waals surface area contributed by atoms with Gasteiger partial charge in [-0.3, -0.25) is 9.89 Å². The molecule has 0 atom stereocenters. The number of nitrogens with one attached hydrogen (secondary N) is 2. The number of H-pyrrole nitrogens is 1. The molecule has 0 spiro atoms. The SMILES string of the molecule is CC(C)(CCCO)CNC(=O)c1ccc2cn[nH]c2c1. The number of aromatic nitrogens is 2. The first-order chi connectivity index (χ1) is 9.52. The number of aliphatic hydroxyl groups excluding tert-OH is 1. The minimum Gasteiger partial charge on any atom is -0.396 e. The molecule has 108 valence electrons. The van der Waals surface area contributed by atoms with Crippen LogP contribution >= 0.6 is 0 Å². The molecule has 0 aliphatic rings. The predicted molar refractivity (Wildman–Crippen MR) is 78.5 cm³/mol. The van der Waals surface area contributed by atoms with Gasteiger partial charge in [0.1, 0.15) is 0 Å². The Labute approximate surface area is 118 Å². The van der Waals surface area contributed by atoms with Gasteiger partial charge in [0.25, 0.3) is 5.91 Å². The predicted octanol–water partition coefficient (Wildman–Crippen LogP) is 2.09. The van der Waals surface area contributed by atoms with Crippen LogP contribution in [0.5, 0.6) is 0 Å². The van der Waals surface area contributed by atoms with E-state index in [-0.39, 0.29) is 17.9 Å². The van der Waals surface area contributed by atoms with E-state index >= 15 is 0 Å². The topological polar surface area (TPSA) is 78.0 Å². The smallest absolute Gasteiger partial charge is 0.251 e. The van der Waals surface area contributed by atoms with Crippen molar-refractivity contribution in [3.05, 3.63) is 30.0 Å². The van der Waals surface area contributed by atoms with E-state index in [1.165, 1.54) is 0 Å². The molecule has 2 aromatic rings. The van der Waals surface area contributed by atoms with Gasteiger partial charge in [-0.2, -0.15) is 5.10 Å². The first-order valence-electron chi connectivity index (χ1n) is 6.84. The Morgan fingerprint density at radius 1 is 1.45 bits per heavy atom. The van der Waals surface area contributed by atoms with Crippen molar-refractivity contribution >= 4 is 16.8 Å². The van der Waals surface area contributed by atoms with E-state index in [0.717, 1.165) is 23.7 Å². The van der Waals surface area contributed by atoms with Crippen LogP contribution in [0.4, 0.5) is 0 Å². The average molecular weight is 275 g/mol. The van der Waals surface area contributed by atoms with Gasteiger partial charge in [-0.25, -0.2) is 0 Å². The van der Waals surface area contributed by atoms with Crippen LogP contribution in [-0.2, 0) is 0 Å². The number of hydrogen-bond donors (Lipinski definition) is 3. The van der Waals surface area contributed by atoms with Crippen LogP contribution in [0.1, 0.15) is 37.0 Å². The normalized spacial score (nSPS) is 11.8. The number of carbonyl (C=O) groups excluding carboxylic acids is 1. The lowest BCUT2D eigenvalue weighted by Crippen LogP contribution is -2.34.